The van der Waals surface area contributed by atoms with Crippen LogP contribution in [0.5, 0.6) is 0 Å². The van der Waals surface area contributed by atoms with Crippen LogP contribution in [0.2, 0.25) is 0 Å². The van der Waals surface area contributed by atoms with Gasteiger partial charge in [-0.2, -0.15) is 11.3 Å². The maximum atomic E-state index is 12.2. The third kappa shape index (κ3) is 6.66. The predicted octanol–water partition coefficient (Wildman–Crippen LogP) is 2.82. The molecule has 1 fully saturated rings. The highest BCUT2D eigenvalue weighted by Gasteiger charge is 2.22. The number of halogens is 1. The lowest BCUT2D eigenvalue weighted by atomic mass is 10.0. The minimum Gasteiger partial charge on any atom is -0.356 e. The number of guanidine groups is 1. The van der Waals surface area contributed by atoms with Crippen molar-refractivity contribution in [2.75, 3.05) is 20.1 Å². The van der Waals surface area contributed by atoms with E-state index in [1.54, 1.807) is 18.4 Å². The number of carbonyl (C=O) groups excluding carboxylic acids is 1. The minimum atomic E-state index is 0. The van der Waals surface area contributed by atoms with E-state index in [2.05, 4.69) is 39.4 Å². The molecule has 1 aromatic rings. The first-order valence-electron chi connectivity index (χ1n) is 7.95. The van der Waals surface area contributed by atoms with Crippen molar-refractivity contribution >= 4 is 47.2 Å². The lowest BCUT2D eigenvalue weighted by Gasteiger charge is -2.33. The molecular weight excluding hydrogens is 423 g/mol. The molecule has 130 valence electrons. The number of rotatable bonds is 5. The van der Waals surface area contributed by atoms with Crippen molar-refractivity contribution in [2.45, 2.75) is 45.2 Å². The number of piperidine rings is 1. The van der Waals surface area contributed by atoms with Crippen LogP contribution in [0.1, 0.15) is 38.2 Å². The maximum Gasteiger partial charge on any atom is 0.224 e. The van der Waals surface area contributed by atoms with E-state index in [9.17, 15) is 4.79 Å². The van der Waals surface area contributed by atoms with Crippen LogP contribution in [0, 0.1) is 0 Å². The quantitative estimate of drug-likeness (QED) is 0.412. The van der Waals surface area contributed by atoms with Gasteiger partial charge in [-0.25, -0.2) is 0 Å². The number of amides is 1. The van der Waals surface area contributed by atoms with Gasteiger partial charge in [-0.3, -0.25) is 9.79 Å². The second kappa shape index (κ2) is 10.9. The van der Waals surface area contributed by atoms with Gasteiger partial charge in [-0.1, -0.05) is 0 Å². The molecule has 2 heterocycles. The monoisotopic (exact) mass is 450 g/mol. The molecule has 23 heavy (non-hydrogen) atoms. The summed E-state index contributed by atoms with van der Waals surface area (Å²) < 4.78 is 0. The highest BCUT2D eigenvalue weighted by atomic mass is 127. The van der Waals surface area contributed by atoms with E-state index in [1.807, 2.05) is 4.90 Å². The van der Waals surface area contributed by atoms with E-state index in [4.69, 9.17) is 0 Å². The van der Waals surface area contributed by atoms with Crippen molar-refractivity contribution in [1.82, 2.24) is 15.5 Å². The summed E-state index contributed by atoms with van der Waals surface area (Å²) >= 11 is 1.69. The Labute approximate surface area is 160 Å². The van der Waals surface area contributed by atoms with Crippen molar-refractivity contribution in [2.24, 2.45) is 4.99 Å². The summed E-state index contributed by atoms with van der Waals surface area (Å²) in [5, 5.41) is 10.6. The number of likely N-dealkylation sites (tertiary alicyclic amines) is 1. The van der Waals surface area contributed by atoms with Gasteiger partial charge in [0.15, 0.2) is 5.96 Å². The summed E-state index contributed by atoms with van der Waals surface area (Å²) in [6.07, 6.45) is 4.02. The predicted molar refractivity (Wildman–Crippen MR) is 108 cm³/mol. The molecule has 2 rings (SSSR count). The number of nitrogens with zero attached hydrogens (tertiary/aromatic N) is 2. The molecule has 1 atom stereocenters. The summed E-state index contributed by atoms with van der Waals surface area (Å²) in [5.41, 5.74) is 1.24. The second-order valence-corrected chi connectivity index (χ2v) is 6.45. The van der Waals surface area contributed by atoms with Crippen LogP contribution >= 0.6 is 35.3 Å². The Hall–Kier alpha value is -0.830. The van der Waals surface area contributed by atoms with Crippen molar-refractivity contribution in [3.8, 4) is 0 Å². The fourth-order valence-electron chi connectivity index (χ4n) is 2.70. The molecule has 1 saturated heterocycles. The Balaban J connectivity index is 0.00000264. The molecule has 1 aliphatic rings. The first-order chi connectivity index (χ1) is 10.7. The third-order valence-electron chi connectivity index (χ3n) is 4.02. The first-order valence-corrected chi connectivity index (χ1v) is 8.90. The number of carbonyl (C=O) groups is 1. The van der Waals surface area contributed by atoms with E-state index in [1.165, 1.54) is 12.0 Å². The number of hydrogen-bond acceptors (Lipinski definition) is 3. The zero-order chi connectivity index (χ0) is 15.8. The average molecular weight is 450 g/mol. The van der Waals surface area contributed by atoms with Crippen LogP contribution < -0.4 is 10.6 Å². The summed E-state index contributed by atoms with van der Waals surface area (Å²) in [6, 6.07) is 2.48. The van der Waals surface area contributed by atoms with Gasteiger partial charge < -0.3 is 15.5 Å². The van der Waals surface area contributed by atoms with Gasteiger partial charge in [0, 0.05) is 39.1 Å². The van der Waals surface area contributed by atoms with Crippen LogP contribution in [-0.2, 0) is 11.3 Å². The van der Waals surface area contributed by atoms with Crippen LogP contribution in [0.3, 0.4) is 0 Å². The van der Waals surface area contributed by atoms with Crippen molar-refractivity contribution in [3.05, 3.63) is 22.4 Å². The molecule has 0 bridgehead atoms. The van der Waals surface area contributed by atoms with Gasteiger partial charge in [0.05, 0.1) is 0 Å². The maximum absolute atomic E-state index is 12.2. The smallest absolute Gasteiger partial charge is 0.224 e. The SMILES string of the molecule is CN=C(NCCC(=O)N1CCCCC1C)NCc1ccsc1.I. The second-order valence-electron chi connectivity index (χ2n) is 5.67. The molecule has 1 unspecified atom stereocenters. The topological polar surface area (TPSA) is 56.7 Å². The molecule has 0 saturated carbocycles. The van der Waals surface area contributed by atoms with Gasteiger partial charge >= 0.3 is 0 Å². The highest BCUT2D eigenvalue weighted by Crippen LogP contribution is 2.16. The van der Waals surface area contributed by atoms with Crippen LogP contribution in [0.15, 0.2) is 21.8 Å². The molecular formula is C16H27IN4OS. The Morgan fingerprint density at radius 2 is 2.26 bits per heavy atom. The van der Waals surface area contributed by atoms with E-state index < -0.39 is 0 Å². The first kappa shape index (κ1) is 20.2. The largest absolute Gasteiger partial charge is 0.356 e. The van der Waals surface area contributed by atoms with Crippen LogP contribution in [-0.4, -0.2) is 42.9 Å². The van der Waals surface area contributed by atoms with E-state index >= 15 is 0 Å². The molecule has 1 amide bonds. The molecule has 7 heteroatoms. The van der Waals surface area contributed by atoms with Gasteiger partial charge in [0.25, 0.3) is 0 Å². The summed E-state index contributed by atoms with van der Waals surface area (Å²) in [7, 11) is 1.75. The van der Waals surface area contributed by atoms with Crippen molar-refractivity contribution in [3.63, 3.8) is 0 Å². The third-order valence-corrected chi connectivity index (χ3v) is 4.75. The Bertz CT molecular complexity index is 492. The lowest BCUT2D eigenvalue weighted by Crippen LogP contribution is -2.44. The zero-order valence-corrected chi connectivity index (χ0v) is 17.0. The molecule has 2 N–H and O–H groups in total. The normalized spacial score (nSPS) is 18.3. The van der Waals surface area contributed by atoms with Gasteiger partial charge in [-0.15, -0.1) is 24.0 Å². The van der Waals surface area contributed by atoms with E-state index in [0.717, 1.165) is 31.9 Å². The molecule has 5 nitrogen and oxygen atoms in total. The molecule has 0 spiro atoms. The van der Waals surface area contributed by atoms with Crippen LogP contribution in [0.25, 0.3) is 0 Å². The van der Waals surface area contributed by atoms with E-state index in [0.29, 0.717) is 19.0 Å². The Kier molecular flexibility index (Phi) is 9.54. The fraction of sp³-hybridized carbons (Fsp3) is 0.625. The Morgan fingerprint density at radius 3 is 2.91 bits per heavy atom. The van der Waals surface area contributed by atoms with Crippen LogP contribution in [0.4, 0.5) is 0 Å². The zero-order valence-electron chi connectivity index (χ0n) is 13.9. The lowest BCUT2D eigenvalue weighted by molar-refractivity contribution is -0.134. The molecule has 0 aromatic carbocycles. The molecule has 1 aliphatic heterocycles. The van der Waals surface area contributed by atoms with E-state index in [-0.39, 0.29) is 29.9 Å². The highest BCUT2D eigenvalue weighted by molar-refractivity contribution is 14.0. The molecule has 1 aromatic heterocycles. The fourth-order valence-corrected chi connectivity index (χ4v) is 3.37. The average Bonchev–Trinajstić information content (AvgIpc) is 3.04. The summed E-state index contributed by atoms with van der Waals surface area (Å²) in [5.74, 6) is 0.985. The standard InChI is InChI=1S/C16H26N4OS.HI/c1-13-5-3-4-9-20(13)15(21)6-8-18-16(17-2)19-11-14-7-10-22-12-14;/h7,10,12-13H,3-6,8-9,11H2,1-2H3,(H2,17,18,19);1H. The number of hydrogen-bond donors (Lipinski definition) is 2. The molecule has 0 aliphatic carbocycles. The minimum absolute atomic E-state index is 0. The van der Waals surface area contributed by atoms with Crippen molar-refractivity contribution < 1.29 is 4.79 Å². The number of aliphatic imine (C=N–C) groups is 1. The number of nitrogens with one attached hydrogen (secondary N) is 2. The number of thiophene rings is 1. The van der Waals surface area contributed by atoms with Gasteiger partial charge in [-0.05, 0) is 48.6 Å². The molecule has 0 radical (unpaired) electrons. The summed E-state index contributed by atoms with van der Waals surface area (Å²) in [4.78, 5) is 18.5. The van der Waals surface area contributed by atoms with Gasteiger partial charge in [0.2, 0.25) is 5.91 Å². The van der Waals surface area contributed by atoms with Crippen molar-refractivity contribution in [1.29, 1.82) is 0 Å². The Morgan fingerprint density at radius 1 is 1.43 bits per heavy atom. The summed E-state index contributed by atoms with van der Waals surface area (Å²) in [6.45, 7) is 4.42. The van der Waals surface area contributed by atoms with Gasteiger partial charge in [0.1, 0.15) is 0 Å².